The molecule has 0 aromatic heterocycles. The molecule has 1 aliphatic heterocycles. The molecular weight excluding hydrogens is 350 g/mol. The Morgan fingerprint density at radius 2 is 1.88 bits per heavy atom. The summed E-state index contributed by atoms with van der Waals surface area (Å²) in [6.07, 6.45) is 0.876. The van der Waals surface area contributed by atoms with Crippen molar-refractivity contribution in [1.29, 1.82) is 0 Å². The number of carbonyl (C=O) groups excluding carboxylic acids is 1. The number of nitrogens with one attached hydrogen (secondary N) is 1. The SMILES string of the molecule is COc1ccc(CNC(=O)C(C)Sc2ccc3c(c2)OCCCO3)cc1. The van der Waals surface area contributed by atoms with Crippen molar-refractivity contribution >= 4 is 17.7 Å². The molecule has 2 aromatic carbocycles. The molecule has 1 N–H and O–H groups in total. The van der Waals surface area contributed by atoms with Gasteiger partial charge in [-0.3, -0.25) is 4.79 Å². The first-order valence-corrected chi connectivity index (χ1v) is 9.50. The Balaban J connectivity index is 1.54. The fourth-order valence-electron chi connectivity index (χ4n) is 2.55. The van der Waals surface area contributed by atoms with Crippen LogP contribution in [0.5, 0.6) is 17.2 Å². The Bertz CT molecular complexity index is 748. The molecular formula is C20H23NO4S. The molecule has 1 aliphatic rings. The van der Waals surface area contributed by atoms with Gasteiger partial charge in [0.05, 0.1) is 25.6 Å². The number of ether oxygens (including phenoxy) is 3. The molecule has 0 saturated heterocycles. The second-order valence-corrected chi connectivity index (χ2v) is 7.40. The van der Waals surface area contributed by atoms with Gasteiger partial charge in [-0.25, -0.2) is 0 Å². The number of amides is 1. The van der Waals surface area contributed by atoms with E-state index in [1.54, 1.807) is 7.11 Å². The van der Waals surface area contributed by atoms with E-state index in [0.29, 0.717) is 19.8 Å². The quantitative estimate of drug-likeness (QED) is 0.783. The Morgan fingerprint density at radius 3 is 2.62 bits per heavy atom. The molecule has 1 heterocycles. The predicted molar refractivity (Wildman–Crippen MR) is 102 cm³/mol. The van der Waals surface area contributed by atoms with Gasteiger partial charge in [0.1, 0.15) is 5.75 Å². The largest absolute Gasteiger partial charge is 0.497 e. The van der Waals surface area contributed by atoms with Crippen molar-refractivity contribution in [3.05, 3.63) is 48.0 Å². The molecule has 6 heteroatoms. The van der Waals surface area contributed by atoms with Crippen LogP contribution < -0.4 is 19.5 Å². The topological polar surface area (TPSA) is 56.8 Å². The molecule has 0 spiro atoms. The van der Waals surface area contributed by atoms with Gasteiger partial charge in [0.15, 0.2) is 11.5 Å². The van der Waals surface area contributed by atoms with Gasteiger partial charge in [0.2, 0.25) is 5.91 Å². The van der Waals surface area contributed by atoms with Gasteiger partial charge in [0.25, 0.3) is 0 Å². The normalized spacial score (nSPS) is 14.2. The Labute approximate surface area is 158 Å². The van der Waals surface area contributed by atoms with Crippen molar-refractivity contribution in [3.8, 4) is 17.2 Å². The molecule has 0 aliphatic carbocycles. The average molecular weight is 373 g/mol. The highest BCUT2D eigenvalue weighted by molar-refractivity contribution is 8.00. The minimum absolute atomic E-state index is 0.00192. The van der Waals surface area contributed by atoms with Crippen molar-refractivity contribution in [3.63, 3.8) is 0 Å². The maximum Gasteiger partial charge on any atom is 0.233 e. The van der Waals surface area contributed by atoms with E-state index in [1.807, 2.05) is 49.4 Å². The van der Waals surface area contributed by atoms with Gasteiger partial charge in [-0.2, -0.15) is 0 Å². The van der Waals surface area contributed by atoms with E-state index in [-0.39, 0.29) is 11.2 Å². The predicted octanol–water partition coefficient (Wildman–Crippen LogP) is 3.65. The van der Waals surface area contributed by atoms with Crippen LogP contribution in [0.4, 0.5) is 0 Å². The van der Waals surface area contributed by atoms with Crippen LogP contribution in [0.1, 0.15) is 18.9 Å². The van der Waals surface area contributed by atoms with E-state index >= 15 is 0 Å². The van der Waals surface area contributed by atoms with Crippen LogP contribution in [0.2, 0.25) is 0 Å². The van der Waals surface area contributed by atoms with Crippen LogP contribution in [-0.4, -0.2) is 31.5 Å². The third kappa shape index (κ3) is 4.85. The van der Waals surface area contributed by atoms with Gasteiger partial charge in [-0.05, 0) is 42.8 Å². The maximum absolute atomic E-state index is 12.4. The smallest absolute Gasteiger partial charge is 0.233 e. The zero-order valence-corrected chi connectivity index (χ0v) is 15.8. The fraction of sp³-hybridized carbons (Fsp3) is 0.350. The fourth-order valence-corrected chi connectivity index (χ4v) is 3.47. The monoisotopic (exact) mass is 373 g/mol. The number of fused-ring (bicyclic) bond motifs is 1. The molecule has 1 unspecified atom stereocenters. The van der Waals surface area contributed by atoms with E-state index in [2.05, 4.69) is 5.32 Å². The summed E-state index contributed by atoms with van der Waals surface area (Å²) < 4.78 is 16.5. The van der Waals surface area contributed by atoms with Crippen LogP contribution in [-0.2, 0) is 11.3 Å². The molecule has 2 aromatic rings. The number of rotatable bonds is 6. The summed E-state index contributed by atoms with van der Waals surface area (Å²) in [6, 6.07) is 13.5. The van der Waals surface area contributed by atoms with Gasteiger partial charge in [-0.15, -0.1) is 11.8 Å². The molecule has 1 atom stereocenters. The third-order valence-electron chi connectivity index (χ3n) is 4.03. The number of hydrogen-bond acceptors (Lipinski definition) is 5. The number of methoxy groups -OCH3 is 1. The molecule has 5 nitrogen and oxygen atoms in total. The van der Waals surface area contributed by atoms with Gasteiger partial charge in [-0.1, -0.05) is 12.1 Å². The highest BCUT2D eigenvalue weighted by Gasteiger charge is 2.16. The summed E-state index contributed by atoms with van der Waals surface area (Å²) >= 11 is 1.50. The second kappa shape index (κ2) is 8.85. The molecule has 3 rings (SSSR count). The van der Waals surface area contributed by atoms with Gasteiger partial charge >= 0.3 is 0 Å². The van der Waals surface area contributed by atoms with Gasteiger partial charge in [0, 0.05) is 17.9 Å². The van der Waals surface area contributed by atoms with Crippen molar-refractivity contribution in [2.24, 2.45) is 0 Å². The average Bonchev–Trinajstić information content (AvgIpc) is 2.91. The first kappa shape index (κ1) is 18.5. The lowest BCUT2D eigenvalue weighted by molar-refractivity contribution is -0.120. The van der Waals surface area contributed by atoms with Crippen molar-refractivity contribution in [1.82, 2.24) is 5.32 Å². The van der Waals surface area contributed by atoms with Crippen LogP contribution in [0.3, 0.4) is 0 Å². The molecule has 0 radical (unpaired) electrons. The first-order valence-electron chi connectivity index (χ1n) is 8.62. The van der Waals surface area contributed by atoms with E-state index in [1.165, 1.54) is 11.8 Å². The molecule has 0 fully saturated rings. The van der Waals surface area contributed by atoms with Crippen molar-refractivity contribution < 1.29 is 19.0 Å². The molecule has 26 heavy (non-hydrogen) atoms. The Morgan fingerprint density at radius 1 is 1.15 bits per heavy atom. The first-order chi connectivity index (χ1) is 12.7. The summed E-state index contributed by atoms with van der Waals surface area (Å²) in [5, 5.41) is 2.76. The summed E-state index contributed by atoms with van der Waals surface area (Å²) in [4.78, 5) is 13.4. The number of carbonyl (C=O) groups is 1. The molecule has 0 saturated carbocycles. The minimum Gasteiger partial charge on any atom is -0.497 e. The van der Waals surface area contributed by atoms with E-state index in [4.69, 9.17) is 14.2 Å². The molecule has 0 bridgehead atoms. The van der Waals surface area contributed by atoms with Gasteiger partial charge < -0.3 is 19.5 Å². The van der Waals surface area contributed by atoms with E-state index in [0.717, 1.165) is 34.1 Å². The van der Waals surface area contributed by atoms with E-state index < -0.39 is 0 Å². The standard InChI is InChI=1S/C20H23NO4S/c1-14(20(22)21-13-15-4-6-16(23-2)7-5-15)26-17-8-9-18-19(12-17)25-11-3-10-24-18/h4-9,12,14H,3,10-11,13H2,1-2H3,(H,21,22). The maximum atomic E-state index is 12.4. The van der Waals surface area contributed by atoms with Crippen LogP contribution in [0.15, 0.2) is 47.4 Å². The van der Waals surface area contributed by atoms with Crippen molar-refractivity contribution in [2.45, 2.75) is 30.0 Å². The highest BCUT2D eigenvalue weighted by atomic mass is 32.2. The van der Waals surface area contributed by atoms with Crippen LogP contribution in [0, 0.1) is 0 Å². The van der Waals surface area contributed by atoms with E-state index in [9.17, 15) is 4.79 Å². The number of hydrogen-bond donors (Lipinski definition) is 1. The lowest BCUT2D eigenvalue weighted by Crippen LogP contribution is -2.30. The summed E-state index contributed by atoms with van der Waals surface area (Å²) in [5.74, 6) is 2.32. The number of benzene rings is 2. The lowest BCUT2D eigenvalue weighted by atomic mass is 10.2. The summed E-state index contributed by atoms with van der Waals surface area (Å²) in [7, 11) is 1.63. The zero-order valence-electron chi connectivity index (χ0n) is 15.0. The summed E-state index contributed by atoms with van der Waals surface area (Å²) in [5.41, 5.74) is 1.03. The minimum atomic E-state index is -0.210. The Hall–Kier alpha value is -2.34. The van der Waals surface area contributed by atoms with Crippen LogP contribution >= 0.6 is 11.8 Å². The third-order valence-corrected chi connectivity index (χ3v) is 5.12. The molecule has 1 amide bonds. The van der Waals surface area contributed by atoms with Crippen molar-refractivity contribution in [2.75, 3.05) is 20.3 Å². The number of thioether (sulfide) groups is 1. The summed E-state index contributed by atoms with van der Waals surface area (Å²) in [6.45, 7) is 3.72. The molecule has 138 valence electrons. The highest BCUT2D eigenvalue weighted by Crippen LogP contribution is 2.35. The second-order valence-electron chi connectivity index (χ2n) is 5.98. The zero-order chi connectivity index (χ0) is 18.4. The van der Waals surface area contributed by atoms with Crippen LogP contribution in [0.25, 0.3) is 0 Å². The Kier molecular flexibility index (Phi) is 6.28. The lowest BCUT2D eigenvalue weighted by Gasteiger charge is -2.14.